The van der Waals surface area contributed by atoms with Gasteiger partial charge in [0, 0.05) is 59.3 Å². The number of rotatable bonds is 35. The monoisotopic (exact) mass is 1790 g/mol. The molecule has 0 aliphatic carbocycles. The maximum absolute atomic E-state index is 15.7. The van der Waals surface area contributed by atoms with Gasteiger partial charge >= 0.3 is 18.2 Å². The molecule has 696 valence electrons. The minimum Gasteiger partial charge on any atom is -0.490 e. The van der Waals surface area contributed by atoms with Gasteiger partial charge in [-0.25, -0.2) is 24.2 Å². The first kappa shape index (κ1) is 99.1. The van der Waals surface area contributed by atoms with Crippen molar-refractivity contribution in [3.8, 4) is 11.5 Å². The number of fused-ring (bicyclic) bond motifs is 2. The summed E-state index contributed by atoms with van der Waals surface area (Å²) in [6, 6.07) is 28.3. The number of likely N-dealkylation sites (tertiary alicyclic amines) is 2. The van der Waals surface area contributed by atoms with Crippen molar-refractivity contribution in [2.75, 3.05) is 33.8 Å². The van der Waals surface area contributed by atoms with Gasteiger partial charge in [0.05, 0.1) is 18.3 Å². The van der Waals surface area contributed by atoms with E-state index in [0.29, 0.717) is 46.9 Å². The van der Waals surface area contributed by atoms with E-state index in [1.165, 1.54) is 42.4 Å². The van der Waals surface area contributed by atoms with Crippen LogP contribution in [0.1, 0.15) is 183 Å². The number of likely N-dealkylation sites (N-methyl/N-ethyl adjacent to an activating group) is 2. The van der Waals surface area contributed by atoms with Crippen molar-refractivity contribution in [3.63, 3.8) is 0 Å². The molecule has 0 spiro atoms. The van der Waals surface area contributed by atoms with Crippen molar-refractivity contribution < 1.29 is 76.4 Å². The summed E-state index contributed by atoms with van der Waals surface area (Å²) in [4.78, 5) is 167. The fraction of sp³-hybridized carbons (Fsp3) is 0.485. The molecule has 2 aliphatic heterocycles. The maximum Gasteiger partial charge on any atom is 0.410 e. The first-order valence-corrected chi connectivity index (χ1v) is 44.0. The van der Waals surface area contributed by atoms with Crippen molar-refractivity contribution >= 4 is 87.0 Å². The summed E-state index contributed by atoms with van der Waals surface area (Å²) in [5.41, 5.74) is -1.58. The van der Waals surface area contributed by atoms with Crippen LogP contribution in [0.15, 0.2) is 165 Å². The minimum atomic E-state index is -1.34. The molecule has 0 bridgehead atoms. The lowest BCUT2D eigenvalue weighted by molar-refractivity contribution is -0.158. The smallest absolute Gasteiger partial charge is 0.410 e. The van der Waals surface area contributed by atoms with E-state index in [2.05, 4.69) is 76.0 Å². The highest BCUT2D eigenvalue weighted by Gasteiger charge is 2.49. The summed E-state index contributed by atoms with van der Waals surface area (Å²) in [7, 11) is 2.85. The molecule has 2 aliphatic rings. The van der Waals surface area contributed by atoms with Gasteiger partial charge in [-0.3, -0.25) is 48.2 Å². The molecule has 6 aromatic carbocycles. The molecule has 7 N–H and O–H groups in total. The molecule has 0 radical (unpaired) electrons. The topological polar surface area (TPSA) is 404 Å². The van der Waals surface area contributed by atoms with Gasteiger partial charge in [-0.15, -0.1) is 16.8 Å². The van der Waals surface area contributed by atoms with E-state index in [0.717, 1.165) is 36.9 Å². The number of nitrogens with one attached hydrogen (secondary N) is 7. The highest BCUT2D eigenvalue weighted by Crippen LogP contribution is 2.35. The second-order valence-electron chi connectivity index (χ2n) is 38.8. The lowest BCUT2D eigenvalue weighted by Crippen LogP contribution is -2.61. The molecule has 10 amide bonds. The molecular weight excluding hydrogens is 1660 g/mol. The molecule has 2 aromatic heterocycles. The normalized spacial score (nSPS) is 17.3. The number of aromatic amines is 1. The number of allylic oxidation sites excluding steroid dienone is 1. The van der Waals surface area contributed by atoms with Gasteiger partial charge in [-0.2, -0.15) is 0 Å². The highest BCUT2D eigenvalue weighted by atomic mass is 16.6. The van der Waals surface area contributed by atoms with Crippen LogP contribution in [0.25, 0.3) is 21.5 Å². The van der Waals surface area contributed by atoms with Crippen LogP contribution in [0.5, 0.6) is 11.5 Å². The van der Waals surface area contributed by atoms with E-state index in [-0.39, 0.29) is 70.0 Å². The number of hydrogen-bond acceptors (Lipinski definition) is 21. The van der Waals surface area contributed by atoms with Crippen molar-refractivity contribution in [1.82, 2.24) is 87.1 Å². The number of carbonyl (C=O) groups is 11. The molecule has 10 rings (SSSR count). The summed E-state index contributed by atoms with van der Waals surface area (Å²) in [5, 5.41) is 45.1. The molecular formula is C97H127N17O16. The number of aromatic nitrogens is 7. The number of H-pyrrole nitrogens is 1. The van der Waals surface area contributed by atoms with Gasteiger partial charge in [-0.05, 0) is 184 Å². The Morgan fingerprint density at radius 1 is 0.492 bits per heavy atom. The maximum atomic E-state index is 15.7. The quantitative estimate of drug-likeness (QED) is 0.0110. The number of nitrogens with zero attached hydrogens (tertiary/aromatic N) is 10. The Hall–Kier alpha value is -13.1. The van der Waals surface area contributed by atoms with Gasteiger partial charge < -0.3 is 65.4 Å². The predicted octanol–water partition coefficient (Wildman–Crippen LogP) is 10.7. The Balaban J connectivity index is 0.892. The third-order valence-electron chi connectivity index (χ3n) is 22.6. The fourth-order valence-electron chi connectivity index (χ4n) is 15.4. The summed E-state index contributed by atoms with van der Waals surface area (Å²) in [6.45, 7) is 36.8. The van der Waals surface area contributed by atoms with Crippen molar-refractivity contribution in [3.05, 3.63) is 199 Å². The van der Waals surface area contributed by atoms with E-state index in [4.69, 9.17) is 23.7 Å². The van der Waals surface area contributed by atoms with Crippen LogP contribution in [0.2, 0.25) is 0 Å². The molecule has 33 nitrogen and oxygen atoms in total. The van der Waals surface area contributed by atoms with E-state index in [9.17, 15) is 24.0 Å². The van der Waals surface area contributed by atoms with Crippen LogP contribution in [0.4, 0.5) is 9.59 Å². The van der Waals surface area contributed by atoms with Crippen molar-refractivity contribution in [1.29, 1.82) is 0 Å². The molecule has 33 heteroatoms. The molecule has 130 heavy (non-hydrogen) atoms. The number of ether oxygens (including phenoxy) is 5. The van der Waals surface area contributed by atoms with Crippen molar-refractivity contribution in [2.24, 2.45) is 16.7 Å². The van der Waals surface area contributed by atoms with Crippen LogP contribution in [-0.2, 0) is 89.7 Å². The van der Waals surface area contributed by atoms with E-state index >= 15 is 28.8 Å². The standard InChI is InChI=1S/C97H127N17O16/c1-22-28-64-52-77(112(54-64)88(121)79(93(5,6)7)102-82(115)58(3)110(20)91(124)129-96(14,15)16)86(119)99-75(51-63-34-40-66-30-25-27-32-68(66)47-63)85(118)101-76(90(123)128-95(11,12)13)49-61-37-43-72(44-38-61)127-57-69-55-114(109-104-69)70-53-78(113(56-70)89(122)80(94(8,9)10)103-83(116)59(4)111(21)92(125)130-97(17,18)19)87(120)100-74(50-62-33-39-65-29-24-26-31-67(65)46-62)84(117)98-73(81-105-107-108-106-81)48-60-35-41-71(42-36-60)126-45-23-2/h22-27,29-44,46-47,55,58-59,64,70,73-80H,1-2,28,45,48-54,56-57H2,3-21H3,(H,98,117)(H,99,119)(H,100,120)(H,101,118)(H,102,115)(H,103,116)(H,105,106,107,108)/t58-,59-,64-,70-,73-,74-,75-,76-,77-,78-,79+,80+/m0/s1. The Morgan fingerprint density at radius 2 is 0.938 bits per heavy atom. The summed E-state index contributed by atoms with van der Waals surface area (Å²) >= 11 is 0. The first-order chi connectivity index (χ1) is 61.1. The van der Waals surface area contributed by atoms with Gasteiger partial charge in [0.2, 0.25) is 47.3 Å². The predicted molar refractivity (Wildman–Crippen MR) is 490 cm³/mol. The van der Waals surface area contributed by atoms with Gasteiger partial charge in [0.25, 0.3) is 0 Å². The average Bonchev–Trinajstić information content (AvgIpc) is 1.63. The largest absolute Gasteiger partial charge is 0.490 e. The summed E-state index contributed by atoms with van der Waals surface area (Å²) in [5.74, 6) is -4.95. The van der Waals surface area contributed by atoms with Crippen LogP contribution >= 0.6 is 0 Å². The zero-order valence-electron chi connectivity index (χ0n) is 78.1. The second kappa shape index (κ2) is 42.4. The summed E-state index contributed by atoms with van der Waals surface area (Å²) < 4.78 is 30.7. The molecule has 2 fully saturated rings. The van der Waals surface area contributed by atoms with Crippen LogP contribution in [0.3, 0.4) is 0 Å². The van der Waals surface area contributed by atoms with E-state index in [1.54, 1.807) is 159 Å². The number of benzene rings is 6. The lowest BCUT2D eigenvalue weighted by atomic mass is 9.85. The third kappa shape index (κ3) is 27.2. The van der Waals surface area contributed by atoms with E-state index < -0.39 is 160 Å². The lowest BCUT2D eigenvalue weighted by Gasteiger charge is -2.37. The highest BCUT2D eigenvalue weighted by molar-refractivity contribution is 5.99. The van der Waals surface area contributed by atoms with E-state index in [1.807, 2.05) is 97.1 Å². The molecule has 4 heterocycles. The summed E-state index contributed by atoms with van der Waals surface area (Å²) in [6.07, 6.45) is 4.10. The second-order valence-corrected chi connectivity index (χ2v) is 38.8. The van der Waals surface area contributed by atoms with Gasteiger partial charge in [0.15, 0.2) is 5.82 Å². The Morgan fingerprint density at radius 3 is 1.40 bits per heavy atom. The van der Waals surface area contributed by atoms with Gasteiger partial charge in [0.1, 0.15) is 102 Å². The molecule has 12 atom stereocenters. The molecule has 0 unspecified atom stereocenters. The van der Waals surface area contributed by atoms with Crippen LogP contribution in [-0.4, -0.2) is 226 Å². The van der Waals surface area contributed by atoms with Crippen molar-refractivity contribution in [2.45, 2.75) is 253 Å². The average molecular weight is 1790 g/mol. The third-order valence-corrected chi connectivity index (χ3v) is 22.6. The Kier molecular flexibility index (Phi) is 32.3. The zero-order chi connectivity index (χ0) is 95.1. The number of carbonyl (C=O) groups excluding carboxylic acids is 11. The number of amides is 10. The Bertz CT molecular complexity index is 5350. The zero-order valence-corrected chi connectivity index (χ0v) is 78.1. The molecule has 2 saturated heterocycles. The van der Waals surface area contributed by atoms with Crippen LogP contribution < -0.4 is 41.4 Å². The first-order valence-electron chi connectivity index (χ1n) is 44.0. The molecule has 0 saturated carbocycles. The Labute approximate surface area is 760 Å². The van der Waals surface area contributed by atoms with Crippen LogP contribution in [0, 0.1) is 16.7 Å². The fourth-order valence-corrected chi connectivity index (χ4v) is 15.4. The van der Waals surface area contributed by atoms with Gasteiger partial charge in [-0.1, -0.05) is 175 Å². The number of hydrogen-bond donors (Lipinski definition) is 7. The number of tetrazole rings is 1. The number of esters is 1. The SMILES string of the molecule is C=CCOc1ccc(C[C@H](NC(=O)[C@H](Cc2ccc3ccccc3c2)NC(=O)[C@@H]2C[C@H](n3cc(COc4ccc(C[C@H](NC(=O)[C@H](Cc5ccc6ccccc6c5)NC(=O)[C@@H]5C[C@H](CC=C)CN5C(=O)[C@@H](NC(=O)[C@H](C)N(C)C(=O)OC(C)(C)C)C(C)(C)C)C(=O)OC(C)(C)C)cc4)nn3)CN2C(=O)[C@@H](NC(=O)[C@H](C)N(C)C(=O)OC(C)(C)C)C(C)(C)C)c2nnn[nH]2)cc1. The molecule has 8 aromatic rings. The minimum absolute atomic E-state index is 0.0117.